The van der Waals surface area contributed by atoms with E-state index in [9.17, 15) is 13.2 Å². The van der Waals surface area contributed by atoms with Gasteiger partial charge in [0, 0.05) is 11.6 Å². The Hall–Kier alpha value is -3.17. The zero-order chi connectivity index (χ0) is 22.0. The standard InChI is InChI=1S/C21H19ClN4O4S/c1-30-15-6-2-13(3-7-15)17-12-18(17)21(27)23-14-4-8-16(9-5-14)31(28,29)26-20-11-10-19(22)24-25-20/h2-11,17-18H,12H2,1H3,(H,23,27)(H,25,26). The third kappa shape index (κ3) is 4.95. The van der Waals surface area contributed by atoms with Gasteiger partial charge in [-0.2, -0.15) is 0 Å². The number of rotatable bonds is 7. The van der Waals surface area contributed by atoms with Crippen molar-refractivity contribution in [2.24, 2.45) is 5.92 Å². The summed E-state index contributed by atoms with van der Waals surface area (Å²) < 4.78 is 32.4. The number of nitrogens with one attached hydrogen (secondary N) is 2. The summed E-state index contributed by atoms with van der Waals surface area (Å²) in [6.07, 6.45) is 0.774. The summed E-state index contributed by atoms with van der Waals surface area (Å²) in [5, 5.41) is 10.3. The highest BCUT2D eigenvalue weighted by molar-refractivity contribution is 7.92. The molecule has 10 heteroatoms. The molecule has 0 aliphatic heterocycles. The molecule has 1 heterocycles. The molecule has 1 aliphatic rings. The van der Waals surface area contributed by atoms with Gasteiger partial charge in [-0.25, -0.2) is 8.42 Å². The number of carbonyl (C=O) groups excluding carboxylic acids is 1. The summed E-state index contributed by atoms with van der Waals surface area (Å²) in [5.41, 5.74) is 1.62. The van der Waals surface area contributed by atoms with Gasteiger partial charge in [0.05, 0.1) is 12.0 Å². The van der Waals surface area contributed by atoms with Crippen molar-refractivity contribution in [2.45, 2.75) is 17.2 Å². The summed E-state index contributed by atoms with van der Waals surface area (Å²) in [7, 11) is -2.23. The normalized spacial score (nSPS) is 17.6. The second kappa shape index (κ2) is 8.52. The summed E-state index contributed by atoms with van der Waals surface area (Å²) in [6.45, 7) is 0. The Labute approximate surface area is 184 Å². The maximum Gasteiger partial charge on any atom is 0.263 e. The summed E-state index contributed by atoms with van der Waals surface area (Å²) in [6, 6.07) is 16.5. The maximum absolute atomic E-state index is 12.5. The zero-order valence-electron chi connectivity index (χ0n) is 16.4. The molecule has 2 aromatic carbocycles. The van der Waals surface area contributed by atoms with Crippen molar-refractivity contribution in [3.05, 3.63) is 71.4 Å². The van der Waals surface area contributed by atoms with E-state index in [-0.39, 0.29) is 33.6 Å². The predicted octanol–water partition coefficient (Wildman–Crippen LogP) is 3.68. The van der Waals surface area contributed by atoms with E-state index in [4.69, 9.17) is 16.3 Å². The number of nitrogens with zero attached hydrogens (tertiary/aromatic N) is 2. The predicted molar refractivity (Wildman–Crippen MR) is 117 cm³/mol. The first-order valence-corrected chi connectivity index (χ1v) is 11.3. The highest BCUT2D eigenvalue weighted by atomic mass is 35.5. The number of benzene rings is 2. The van der Waals surface area contributed by atoms with Crippen molar-refractivity contribution in [1.82, 2.24) is 10.2 Å². The molecule has 2 atom stereocenters. The van der Waals surface area contributed by atoms with Gasteiger partial charge >= 0.3 is 0 Å². The molecule has 2 N–H and O–H groups in total. The fraction of sp³-hybridized carbons (Fsp3) is 0.190. The fourth-order valence-electron chi connectivity index (χ4n) is 3.22. The lowest BCUT2D eigenvalue weighted by molar-refractivity contribution is -0.117. The number of methoxy groups -OCH3 is 1. The van der Waals surface area contributed by atoms with Crippen LogP contribution in [0.4, 0.5) is 11.5 Å². The van der Waals surface area contributed by atoms with Crippen LogP contribution in [0.1, 0.15) is 17.9 Å². The van der Waals surface area contributed by atoms with Crippen LogP contribution < -0.4 is 14.8 Å². The second-order valence-electron chi connectivity index (χ2n) is 7.08. The number of carbonyl (C=O) groups is 1. The molecule has 2 unspecified atom stereocenters. The van der Waals surface area contributed by atoms with Crippen molar-refractivity contribution in [3.8, 4) is 5.75 Å². The van der Waals surface area contributed by atoms with E-state index in [1.54, 1.807) is 19.2 Å². The monoisotopic (exact) mass is 458 g/mol. The molecule has 8 nitrogen and oxygen atoms in total. The third-order valence-electron chi connectivity index (χ3n) is 4.97. The summed E-state index contributed by atoms with van der Waals surface area (Å²) >= 11 is 5.65. The highest BCUT2D eigenvalue weighted by Crippen LogP contribution is 2.48. The van der Waals surface area contributed by atoms with Gasteiger partial charge in [0.25, 0.3) is 10.0 Å². The molecule has 1 fully saturated rings. The topological polar surface area (TPSA) is 110 Å². The SMILES string of the molecule is COc1ccc(C2CC2C(=O)Nc2ccc(S(=O)(=O)Nc3ccc(Cl)nn3)cc2)cc1. The van der Waals surface area contributed by atoms with Crippen LogP contribution in [0, 0.1) is 5.92 Å². The molecular formula is C21H19ClN4O4S. The minimum atomic E-state index is -3.84. The third-order valence-corrected chi connectivity index (χ3v) is 6.55. The molecule has 1 saturated carbocycles. The Morgan fingerprint density at radius 2 is 1.74 bits per heavy atom. The van der Waals surface area contributed by atoms with E-state index in [2.05, 4.69) is 20.2 Å². The fourth-order valence-corrected chi connectivity index (χ4v) is 4.32. The molecule has 0 bridgehead atoms. The van der Waals surface area contributed by atoms with E-state index >= 15 is 0 Å². The van der Waals surface area contributed by atoms with Crippen LogP contribution in [-0.4, -0.2) is 31.6 Å². The molecule has 1 aliphatic carbocycles. The van der Waals surface area contributed by atoms with Crippen LogP contribution >= 0.6 is 11.6 Å². The molecule has 1 amide bonds. The first kappa shape index (κ1) is 21.1. The Morgan fingerprint density at radius 1 is 1.03 bits per heavy atom. The second-order valence-corrected chi connectivity index (χ2v) is 9.15. The van der Waals surface area contributed by atoms with E-state index < -0.39 is 10.0 Å². The molecule has 0 spiro atoms. The Morgan fingerprint density at radius 3 is 2.35 bits per heavy atom. The number of aromatic nitrogens is 2. The zero-order valence-corrected chi connectivity index (χ0v) is 18.0. The molecule has 4 rings (SSSR count). The Kier molecular flexibility index (Phi) is 5.79. The van der Waals surface area contributed by atoms with Crippen molar-refractivity contribution < 1.29 is 17.9 Å². The molecular weight excluding hydrogens is 440 g/mol. The molecule has 1 aromatic heterocycles. The van der Waals surface area contributed by atoms with Crippen LogP contribution in [-0.2, 0) is 14.8 Å². The largest absolute Gasteiger partial charge is 0.497 e. The molecule has 0 radical (unpaired) electrons. The number of sulfonamides is 1. The first-order chi connectivity index (χ1) is 14.9. The van der Waals surface area contributed by atoms with Crippen LogP contribution in [0.15, 0.2) is 65.6 Å². The van der Waals surface area contributed by atoms with Crippen LogP contribution in [0.3, 0.4) is 0 Å². The number of ether oxygens (including phenoxy) is 1. The van der Waals surface area contributed by atoms with Gasteiger partial charge in [-0.1, -0.05) is 23.7 Å². The lowest BCUT2D eigenvalue weighted by Crippen LogP contribution is -2.16. The van der Waals surface area contributed by atoms with Crippen LogP contribution in [0.5, 0.6) is 5.75 Å². The molecule has 3 aromatic rings. The van der Waals surface area contributed by atoms with Crippen LogP contribution in [0.2, 0.25) is 5.15 Å². The average Bonchev–Trinajstić information content (AvgIpc) is 3.57. The lowest BCUT2D eigenvalue weighted by Gasteiger charge is -2.09. The number of amides is 1. The Balaban J connectivity index is 1.37. The average molecular weight is 459 g/mol. The first-order valence-electron chi connectivity index (χ1n) is 9.42. The number of hydrogen-bond donors (Lipinski definition) is 2. The van der Waals surface area contributed by atoms with E-state index in [0.717, 1.165) is 17.7 Å². The van der Waals surface area contributed by atoms with Crippen molar-refractivity contribution in [3.63, 3.8) is 0 Å². The van der Waals surface area contributed by atoms with Crippen molar-refractivity contribution in [2.75, 3.05) is 17.1 Å². The summed E-state index contributed by atoms with van der Waals surface area (Å²) in [4.78, 5) is 12.6. The van der Waals surface area contributed by atoms with Gasteiger partial charge in [-0.3, -0.25) is 9.52 Å². The smallest absolute Gasteiger partial charge is 0.263 e. The maximum atomic E-state index is 12.5. The van der Waals surface area contributed by atoms with E-state index in [0.29, 0.717) is 5.69 Å². The van der Waals surface area contributed by atoms with Gasteiger partial charge in [0.15, 0.2) is 11.0 Å². The molecule has 0 saturated heterocycles. The van der Waals surface area contributed by atoms with Gasteiger partial charge < -0.3 is 10.1 Å². The molecule has 31 heavy (non-hydrogen) atoms. The quantitative estimate of drug-likeness (QED) is 0.558. The van der Waals surface area contributed by atoms with Gasteiger partial charge in [0.1, 0.15) is 5.75 Å². The van der Waals surface area contributed by atoms with E-state index in [1.165, 1.54) is 24.3 Å². The minimum Gasteiger partial charge on any atom is -0.497 e. The Bertz CT molecular complexity index is 1180. The number of anilines is 2. The van der Waals surface area contributed by atoms with Crippen molar-refractivity contribution >= 4 is 39.0 Å². The number of hydrogen-bond acceptors (Lipinski definition) is 6. The van der Waals surface area contributed by atoms with Gasteiger partial charge in [-0.15, -0.1) is 10.2 Å². The number of halogens is 1. The summed E-state index contributed by atoms with van der Waals surface area (Å²) in [5.74, 6) is 0.807. The molecule has 160 valence electrons. The highest BCUT2D eigenvalue weighted by Gasteiger charge is 2.43. The minimum absolute atomic E-state index is 0.0322. The van der Waals surface area contributed by atoms with Gasteiger partial charge in [-0.05, 0) is 66.4 Å². The van der Waals surface area contributed by atoms with Crippen molar-refractivity contribution in [1.29, 1.82) is 0 Å². The van der Waals surface area contributed by atoms with Crippen LogP contribution in [0.25, 0.3) is 0 Å². The lowest BCUT2D eigenvalue weighted by atomic mass is 10.1. The van der Waals surface area contributed by atoms with E-state index in [1.807, 2.05) is 24.3 Å². The van der Waals surface area contributed by atoms with Gasteiger partial charge in [0.2, 0.25) is 5.91 Å².